The number of likely N-dealkylation sites (tertiary alicyclic amines) is 1. The third kappa shape index (κ3) is 5.42. The Morgan fingerprint density at radius 3 is 2.55 bits per heavy atom. The predicted octanol–water partition coefficient (Wildman–Crippen LogP) is 4.58. The third-order valence-corrected chi connectivity index (χ3v) is 5.09. The van der Waals surface area contributed by atoms with Crippen LogP contribution in [0, 0.1) is 0 Å². The molecule has 6 nitrogen and oxygen atoms in total. The number of hydrogen-bond donors (Lipinski definition) is 0. The summed E-state index contributed by atoms with van der Waals surface area (Å²) >= 11 is 0. The van der Waals surface area contributed by atoms with Crippen molar-refractivity contribution in [2.75, 3.05) is 13.1 Å². The number of alkyl halides is 3. The molecule has 0 N–H and O–H groups in total. The predicted molar refractivity (Wildman–Crippen MR) is 105 cm³/mol. The maximum absolute atomic E-state index is 12.4. The summed E-state index contributed by atoms with van der Waals surface area (Å²) < 4.78 is 46.0. The van der Waals surface area contributed by atoms with Crippen molar-refractivity contribution in [3.05, 3.63) is 66.1 Å². The first-order valence-electron chi connectivity index (χ1n) is 9.89. The van der Waals surface area contributed by atoms with E-state index >= 15 is 0 Å². The molecule has 1 aliphatic heterocycles. The highest BCUT2D eigenvalue weighted by Gasteiger charge is 2.34. The summed E-state index contributed by atoms with van der Waals surface area (Å²) in [6.45, 7) is 1.17. The number of nitrogens with zero attached hydrogens (tertiary/aromatic N) is 3. The monoisotopic (exact) mass is 431 g/mol. The number of aryl methyl sites for hydroxylation is 1. The van der Waals surface area contributed by atoms with Gasteiger partial charge in [0.1, 0.15) is 5.75 Å². The minimum Gasteiger partial charge on any atom is -0.406 e. The van der Waals surface area contributed by atoms with E-state index in [0.29, 0.717) is 31.0 Å². The number of carbonyl (C=O) groups excluding carboxylic acids is 1. The molecule has 31 heavy (non-hydrogen) atoms. The van der Waals surface area contributed by atoms with Crippen molar-refractivity contribution in [1.82, 2.24) is 15.0 Å². The Kier molecular flexibility index (Phi) is 5.92. The van der Waals surface area contributed by atoms with Gasteiger partial charge >= 0.3 is 6.36 Å². The molecule has 162 valence electrons. The lowest BCUT2D eigenvalue weighted by Crippen LogP contribution is -2.26. The van der Waals surface area contributed by atoms with E-state index < -0.39 is 6.36 Å². The van der Waals surface area contributed by atoms with Crippen LogP contribution in [-0.4, -0.2) is 40.4 Å². The highest BCUT2D eigenvalue weighted by Crippen LogP contribution is 2.30. The SMILES string of the molecule is O=C1CC(c2nc(-c3ccc(OC(F)(F)F)cc3)no2)CN1CCCc1ccccc1. The molecule has 0 spiro atoms. The second-order valence-electron chi connectivity index (χ2n) is 7.36. The summed E-state index contributed by atoms with van der Waals surface area (Å²) in [6, 6.07) is 15.3. The van der Waals surface area contributed by atoms with Crippen molar-refractivity contribution < 1.29 is 27.2 Å². The molecule has 1 saturated heterocycles. The van der Waals surface area contributed by atoms with E-state index in [1.54, 1.807) is 4.90 Å². The van der Waals surface area contributed by atoms with E-state index in [2.05, 4.69) is 27.0 Å². The first-order chi connectivity index (χ1) is 14.9. The van der Waals surface area contributed by atoms with E-state index in [4.69, 9.17) is 4.52 Å². The molecule has 1 aromatic heterocycles. The van der Waals surface area contributed by atoms with Crippen LogP contribution < -0.4 is 4.74 Å². The molecule has 0 radical (unpaired) electrons. The topological polar surface area (TPSA) is 68.5 Å². The fourth-order valence-corrected chi connectivity index (χ4v) is 3.60. The molecule has 1 fully saturated rings. The zero-order valence-electron chi connectivity index (χ0n) is 16.5. The van der Waals surface area contributed by atoms with Crippen molar-refractivity contribution in [1.29, 1.82) is 0 Å². The van der Waals surface area contributed by atoms with Crippen molar-refractivity contribution in [3.63, 3.8) is 0 Å². The first-order valence-corrected chi connectivity index (χ1v) is 9.89. The lowest BCUT2D eigenvalue weighted by molar-refractivity contribution is -0.274. The molecule has 3 aromatic rings. The Morgan fingerprint density at radius 2 is 1.84 bits per heavy atom. The fourth-order valence-electron chi connectivity index (χ4n) is 3.60. The number of halogens is 3. The molecule has 0 aliphatic carbocycles. The van der Waals surface area contributed by atoms with Crippen molar-refractivity contribution in [2.24, 2.45) is 0 Å². The average molecular weight is 431 g/mol. The molecule has 0 saturated carbocycles. The first kappa shape index (κ1) is 20.9. The van der Waals surface area contributed by atoms with Crippen LogP contribution in [-0.2, 0) is 11.2 Å². The van der Waals surface area contributed by atoms with Gasteiger partial charge in [-0.2, -0.15) is 4.98 Å². The quantitative estimate of drug-likeness (QED) is 0.548. The van der Waals surface area contributed by atoms with Gasteiger partial charge in [0.05, 0.1) is 5.92 Å². The summed E-state index contributed by atoms with van der Waals surface area (Å²) in [6.07, 6.45) is -2.69. The van der Waals surface area contributed by atoms with Gasteiger partial charge in [-0.05, 0) is 42.7 Å². The second-order valence-corrected chi connectivity index (χ2v) is 7.36. The van der Waals surface area contributed by atoms with Gasteiger partial charge in [-0.25, -0.2) is 0 Å². The lowest BCUT2D eigenvalue weighted by Gasteiger charge is -2.15. The van der Waals surface area contributed by atoms with Crippen LogP contribution in [0.3, 0.4) is 0 Å². The maximum Gasteiger partial charge on any atom is 0.573 e. The van der Waals surface area contributed by atoms with Crippen LogP contribution in [0.15, 0.2) is 59.1 Å². The molecule has 2 aromatic carbocycles. The van der Waals surface area contributed by atoms with Crippen LogP contribution in [0.5, 0.6) is 5.75 Å². The molecular formula is C22H20F3N3O3. The largest absolute Gasteiger partial charge is 0.573 e. The normalized spacial score (nSPS) is 16.7. The molecule has 4 rings (SSSR count). The van der Waals surface area contributed by atoms with E-state index in [1.807, 2.05) is 18.2 Å². The minimum absolute atomic E-state index is 0.0477. The fraction of sp³-hybridized carbons (Fsp3) is 0.318. The van der Waals surface area contributed by atoms with Gasteiger partial charge in [-0.3, -0.25) is 4.79 Å². The molecule has 9 heteroatoms. The Bertz CT molecular complexity index is 1020. The summed E-state index contributed by atoms with van der Waals surface area (Å²) in [4.78, 5) is 18.5. The average Bonchev–Trinajstić information content (AvgIpc) is 3.36. The number of benzene rings is 2. The summed E-state index contributed by atoms with van der Waals surface area (Å²) in [7, 11) is 0. The van der Waals surface area contributed by atoms with Crippen LogP contribution in [0.1, 0.15) is 30.2 Å². The lowest BCUT2D eigenvalue weighted by atomic mass is 10.1. The van der Waals surface area contributed by atoms with Crippen molar-refractivity contribution in [3.8, 4) is 17.1 Å². The Balaban J connectivity index is 1.34. The standard InChI is InChI=1S/C22H20F3N3O3/c23-22(24,25)30-18-10-8-16(9-11-18)20-26-21(31-27-20)17-13-19(29)28(14-17)12-4-7-15-5-2-1-3-6-15/h1-3,5-6,8-11,17H,4,7,12-14H2. The minimum atomic E-state index is -4.75. The summed E-state index contributed by atoms with van der Waals surface area (Å²) in [5.41, 5.74) is 1.73. The van der Waals surface area contributed by atoms with Gasteiger partial charge < -0.3 is 14.2 Å². The van der Waals surface area contributed by atoms with Crippen LogP contribution in [0.25, 0.3) is 11.4 Å². The molecular weight excluding hydrogens is 411 g/mol. The van der Waals surface area contributed by atoms with E-state index in [9.17, 15) is 18.0 Å². The van der Waals surface area contributed by atoms with Gasteiger partial charge in [0.15, 0.2) is 0 Å². The Hall–Kier alpha value is -3.36. The van der Waals surface area contributed by atoms with Crippen LogP contribution in [0.4, 0.5) is 13.2 Å². The Morgan fingerprint density at radius 1 is 1.10 bits per heavy atom. The summed E-state index contributed by atoms with van der Waals surface area (Å²) in [5, 5.41) is 3.91. The number of aromatic nitrogens is 2. The van der Waals surface area contributed by atoms with Crippen LogP contribution >= 0.6 is 0 Å². The molecule has 2 heterocycles. The number of hydrogen-bond acceptors (Lipinski definition) is 5. The van der Waals surface area contributed by atoms with E-state index in [-0.39, 0.29) is 23.4 Å². The number of rotatable bonds is 7. The van der Waals surface area contributed by atoms with E-state index in [0.717, 1.165) is 12.8 Å². The molecule has 1 aliphatic rings. The third-order valence-electron chi connectivity index (χ3n) is 5.09. The highest BCUT2D eigenvalue weighted by molar-refractivity contribution is 5.79. The zero-order valence-corrected chi connectivity index (χ0v) is 16.5. The van der Waals surface area contributed by atoms with Gasteiger partial charge in [0.2, 0.25) is 17.6 Å². The zero-order chi connectivity index (χ0) is 21.8. The Labute approximate surface area is 176 Å². The van der Waals surface area contributed by atoms with Crippen LogP contribution in [0.2, 0.25) is 0 Å². The number of ether oxygens (including phenoxy) is 1. The smallest absolute Gasteiger partial charge is 0.406 e. The van der Waals surface area contributed by atoms with Gasteiger partial charge in [-0.15, -0.1) is 13.2 Å². The number of carbonyl (C=O) groups is 1. The molecule has 1 unspecified atom stereocenters. The molecule has 0 bridgehead atoms. The summed E-state index contributed by atoms with van der Waals surface area (Å²) in [5.74, 6) is 0.130. The van der Waals surface area contributed by atoms with E-state index in [1.165, 1.54) is 29.8 Å². The maximum atomic E-state index is 12.4. The second kappa shape index (κ2) is 8.79. The van der Waals surface area contributed by atoms with Gasteiger partial charge in [0.25, 0.3) is 0 Å². The van der Waals surface area contributed by atoms with Crippen molar-refractivity contribution in [2.45, 2.75) is 31.5 Å². The van der Waals surface area contributed by atoms with Gasteiger partial charge in [0, 0.05) is 25.1 Å². The molecule has 1 amide bonds. The van der Waals surface area contributed by atoms with Crippen molar-refractivity contribution >= 4 is 5.91 Å². The molecule has 1 atom stereocenters. The number of amides is 1. The highest BCUT2D eigenvalue weighted by atomic mass is 19.4. The van der Waals surface area contributed by atoms with Gasteiger partial charge in [-0.1, -0.05) is 35.5 Å².